The fraction of sp³-hybridized carbons (Fsp3) is 0.595. The summed E-state index contributed by atoms with van der Waals surface area (Å²) < 4.78 is 52.4. The smallest absolute Gasteiger partial charge is 0.318 e. The lowest BCUT2D eigenvalue weighted by molar-refractivity contribution is -0.142. The average molecular weight is 835 g/mol. The summed E-state index contributed by atoms with van der Waals surface area (Å²) in [6, 6.07) is 2.97. The Kier molecular flexibility index (Phi) is 11.5. The number of sulfonamides is 1. The molecule has 0 spiro atoms. The predicted molar refractivity (Wildman–Crippen MR) is 217 cm³/mol. The number of amides is 5. The molecule has 2 saturated heterocycles. The van der Waals surface area contributed by atoms with E-state index in [1.807, 2.05) is 25.1 Å². The van der Waals surface area contributed by atoms with Crippen LogP contribution in [0, 0.1) is 11.8 Å². The lowest BCUT2D eigenvalue weighted by Crippen LogP contribution is -2.60. The van der Waals surface area contributed by atoms with Gasteiger partial charge in [0.05, 0.1) is 43.7 Å². The van der Waals surface area contributed by atoms with Gasteiger partial charge >= 0.3 is 6.03 Å². The van der Waals surface area contributed by atoms with Crippen LogP contribution in [0.5, 0.6) is 17.4 Å². The monoisotopic (exact) mass is 834 g/mol. The van der Waals surface area contributed by atoms with E-state index in [2.05, 4.69) is 21.9 Å². The predicted octanol–water partition coefficient (Wildman–Crippen LogP) is 3.44. The number of benzene rings is 1. The number of nitrogens with zero attached hydrogens (tertiary/aromatic N) is 3. The fourth-order valence-electron chi connectivity index (χ4n) is 9.08. The molecule has 16 nitrogen and oxygen atoms in total. The van der Waals surface area contributed by atoms with Crippen LogP contribution in [0.3, 0.4) is 0 Å². The van der Waals surface area contributed by atoms with E-state index < -0.39 is 62.6 Å². The van der Waals surface area contributed by atoms with Gasteiger partial charge in [0, 0.05) is 48.5 Å². The molecule has 2 aromatic rings. The van der Waals surface area contributed by atoms with Crippen molar-refractivity contribution in [3.05, 3.63) is 42.5 Å². The zero-order valence-corrected chi connectivity index (χ0v) is 34.5. The Morgan fingerprint density at radius 3 is 2.59 bits per heavy atom. The van der Waals surface area contributed by atoms with E-state index in [1.54, 1.807) is 24.1 Å². The van der Waals surface area contributed by atoms with Crippen LogP contribution in [-0.4, -0.2) is 122 Å². The van der Waals surface area contributed by atoms with Crippen LogP contribution in [0.4, 0.5) is 4.79 Å². The molecule has 3 saturated carbocycles. The highest BCUT2D eigenvalue weighted by atomic mass is 32.2. The molecule has 3 aliphatic heterocycles. The number of hydrogen-bond donors (Lipinski definition) is 3. The van der Waals surface area contributed by atoms with Crippen molar-refractivity contribution in [1.29, 1.82) is 0 Å². The SMILES string of the molecule is C=C[C@@H]1C[C@]1(NC(=O)[C@@H]1C[C@@H]2CN1C(=O)[C@H](C1CCCCC1)NC(=O)N1CC[C@@H](C1)OC/C=C\c1cc3c(cc(OCC)nc3cc1OC)O2)C(=O)NS(=O)(=O)C1CC1. The van der Waals surface area contributed by atoms with E-state index in [-0.39, 0.29) is 37.4 Å². The summed E-state index contributed by atoms with van der Waals surface area (Å²) in [6.45, 7) is 7.13. The highest BCUT2D eigenvalue weighted by Crippen LogP contribution is 2.46. The highest BCUT2D eigenvalue weighted by molar-refractivity contribution is 7.91. The number of urea groups is 1. The van der Waals surface area contributed by atoms with E-state index in [0.717, 1.165) is 37.7 Å². The van der Waals surface area contributed by atoms with Gasteiger partial charge in [0.2, 0.25) is 27.7 Å². The first kappa shape index (κ1) is 40.9. The molecule has 3 N–H and O–H groups in total. The van der Waals surface area contributed by atoms with Gasteiger partial charge in [-0.15, -0.1) is 6.58 Å². The number of nitrogens with one attached hydrogen (secondary N) is 3. The maximum absolute atomic E-state index is 15.1. The molecule has 1 aromatic heterocycles. The average Bonchev–Trinajstić information content (AvgIpc) is 4.12. The van der Waals surface area contributed by atoms with Crippen molar-refractivity contribution in [2.75, 3.05) is 40.0 Å². The van der Waals surface area contributed by atoms with Gasteiger partial charge in [0.15, 0.2) is 0 Å². The summed E-state index contributed by atoms with van der Waals surface area (Å²) in [5.74, 6) is -1.26. The van der Waals surface area contributed by atoms with Gasteiger partial charge in [-0.25, -0.2) is 18.2 Å². The Morgan fingerprint density at radius 1 is 1.08 bits per heavy atom. The first-order chi connectivity index (χ1) is 28.4. The molecule has 17 heteroatoms. The number of pyridine rings is 1. The van der Waals surface area contributed by atoms with E-state index in [1.165, 1.54) is 11.0 Å². The molecule has 6 bridgehead atoms. The van der Waals surface area contributed by atoms with E-state index >= 15 is 4.79 Å². The minimum Gasteiger partial charge on any atom is -0.496 e. The molecule has 6 atom stereocenters. The Hall–Kier alpha value is -4.90. The molecule has 59 heavy (non-hydrogen) atoms. The van der Waals surface area contributed by atoms with Crippen molar-refractivity contribution in [1.82, 2.24) is 30.1 Å². The second kappa shape index (κ2) is 16.6. The van der Waals surface area contributed by atoms with E-state index in [0.29, 0.717) is 73.8 Å². The van der Waals surface area contributed by atoms with Crippen molar-refractivity contribution in [2.45, 2.75) is 106 Å². The third-order valence-electron chi connectivity index (χ3n) is 12.6. The van der Waals surface area contributed by atoms with Crippen LogP contribution in [0.1, 0.15) is 76.7 Å². The minimum absolute atomic E-state index is 0.00746. The normalized spacial score (nSPS) is 29.4. The van der Waals surface area contributed by atoms with Gasteiger partial charge in [-0.1, -0.05) is 37.5 Å². The molecule has 4 heterocycles. The van der Waals surface area contributed by atoms with E-state index in [9.17, 15) is 22.8 Å². The Labute approximate surface area is 344 Å². The third-order valence-corrected chi connectivity index (χ3v) is 14.4. The van der Waals surface area contributed by atoms with Gasteiger partial charge in [-0.05, 0) is 57.4 Å². The summed E-state index contributed by atoms with van der Waals surface area (Å²) in [5, 5.41) is 5.96. The Bertz CT molecular complexity index is 2140. The number of carbonyl (C=O) groups is 4. The summed E-state index contributed by atoms with van der Waals surface area (Å²) in [5.41, 5.74) is -0.262. The number of carbonyl (C=O) groups excluding carboxylic acids is 4. The zero-order valence-electron chi connectivity index (χ0n) is 33.7. The van der Waals surface area contributed by atoms with Crippen molar-refractivity contribution in [2.24, 2.45) is 11.8 Å². The van der Waals surface area contributed by atoms with Crippen LogP contribution in [0.2, 0.25) is 0 Å². The quantitative estimate of drug-likeness (QED) is 0.297. The molecule has 318 valence electrons. The largest absolute Gasteiger partial charge is 0.496 e. The van der Waals surface area contributed by atoms with Crippen molar-refractivity contribution < 1.29 is 46.5 Å². The molecule has 8 rings (SSSR count). The number of rotatable bonds is 10. The Morgan fingerprint density at radius 2 is 1.88 bits per heavy atom. The van der Waals surface area contributed by atoms with Crippen molar-refractivity contribution in [3.63, 3.8) is 0 Å². The summed E-state index contributed by atoms with van der Waals surface area (Å²) >= 11 is 0. The van der Waals surface area contributed by atoms with Gasteiger partial charge in [-0.2, -0.15) is 0 Å². The molecular weight excluding hydrogens is 781 g/mol. The molecule has 5 amide bonds. The summed E-state index contributed by atoms with van der Waals surface area (Å²) in [4.78, 5) is 65.1. The minimum atomic E-state index is -3.91. The highest BCUT2D eigenvalue weighted by Gasteiger charge is 2.62. The fourth-order valence-corrected chi connectivity index (χ4v) is 10.4. The lowest BCUT2D eigenvalue weighted by Gasteiger charge is -2.35. The topological polar surface area (TPSA) is 195 Å². The van der Waals surface area contributed by atoms with E-state index in [4.69, 9.17) is 23.9 Å². The van der Waals surface area contributed by atoms with Crippen molar-refractivity contribution >= 4 is 50.8 Å². The molecule has 1 aromatic carbocycles. The van der Waals surface area contributed by atoms with Crippen LogP contribution in [-0.2, 0) is 29.1 Å². The number of methoxy groups -OCH3 is 1. The standard InChI is InChI=1S/C42H54N6O10S/c1-4-27-22-42(27,40(51)46-59(53,54)30-13-14-30)45-38(49)33-19-29-24-48(33)39(50)37(25-10-7-6-8-11-25)44-41(52)47-16-15-28(23-47)57-17-9-12-26-18-31-32(20-34(26)55-3)43-36(56-5-2)21-35(31)58-29/h4,9,12,18,20-21,25,27-30,33,37H,1,5-8,10-11,13-17,19,22-24H2,2-3H3,(H,44,52)(H,45,49)(H,46,51)/b12-9-/t27-,28+,29-,33+,37+,42-/m1/s1. The maximum Gasteiger partial charge on any atom is 0.318 e. The maximum atomic E-state index is 15.1. The van der Waals surface area contributed by atoms with Gasteiger partial charge in [0.1, 0.15) is 35.2 Å². The van der Waals surface area contributed by atoms with Crippen LogP contribution < -0.4 is 29.6 Å². The summed E-state index contributed by atoms with van der Waals surface area (Å²) in [7, 11) is -2.34. The second-order valence-electron chi connectivity index (χ2n) is 16.6. The number of ether oxygens (including phenoxy) is 4. The van der Waals surface area contributed by atoms with Crippen LogP contribution >= 0.6 is 0 Å². The molecule has 0 radical (unpaired) electrons. The number of aromatic nitrogens is 1. The van der Waals surface area contributed by atoms with Gasteiger partial charge in [-0.3, -0.25) is 19.1 Å². The second-order valence-corrected chi connectivity index (χ2v) is 18.5. The molecular formula is C42H54N6O10S. The first-order valence-corrected chi connectivity index (χ1v) is 22.4. The third kappa shape index (κ3) is 8.45. The van der Waals surface area contributed by atoms with Crippen LogP contribution in [0.15, 0.2) is 36.9 Å². The molecule has 3 aliphatic carbocycles. The molecule has 0 unspecified atom stereocenters. The Balaban J connectivity index is 1.17. The molecule has 6 aliphatic rings. The van der Waals surface area contributed by atoms with Crippen LogP contribution in [0.25, 0.3) is 17.0 Å². The lowest BCUT2D eigenvalue weighted by atomic mass is 9.83. The number of hydrogen-bond acceptors (Lipinski definition) is 11. The van der Waals surface area contributed by atoms with Gasteiger partial charge < -0.3 is 39.4 Å². The first-order valence-electron chi connectivity index (χ1n) is 20.9. The van der Waals surface area contributed by atoms with Gasteiger partial charge in [0.25, 0.3) is 5.91 Å². The zero-order chi connectivity index (χ0) is 41.5. The molecule has 5 fully saturated rings. The summed E-state index contributed by atoms with van der Waals surface area (Å²) in [6.07, 6.45) is 10.4. The van der Waals surface area contributed by atoms with Crippen molar-refractivity contribution in [3.8, 4) is 17.4 Å². The number of fused-ring (bicyclic) bond motifs is 5.